The maximum absolute atomic E-state index is 12.6. The second-order valence-electron chi connectivity index (χ2n) is 6.28. The molecule has 0 radical (unpaired) electrons. The van der Waals surface area contributed by atoms with Crippen LogP contribution in [-0.4, -0.2) is 63.4 Å². The SMILES string of the molecule is Cl.O=S(=O)(c1ccc(OCC(O)CNCc2ccco2)c(Cl)c1)N1CCOCC1. The number of rotatable bonds is 9. The molecule has 1 aliphatic rings. The molecule has 1 fully saturated rings. The van der Waals surface area contributed by atoms with E-state index >= 15 is 0 Å². The van der Waals surface area contributed by atoms with Crippen LogP contribution in [0.2, 0.25) is 5.02 Å². The Morgan fingerprint density at radius 3 is 2.69 bits per heavy atom. The van der Waals surface area contributed by atoms with Crippen LogP contribution in [0.25, 0.3) is 0 Å². The number of hydrogen-bond acceptors (Lipinski definition) is 7. The van der Waals surface area contributed by atoms with Crippen LogP contribution >= 0.6 is 24.0 Å². The Morgan fingerprint density at radius 2 is 2.03 bits per heavy atom. The molecule has 0 spiro atoms. The first kappa shape index (κ1) is 23.9. The molecule has 2 aromatic rings. The van der Waals surface area contributed by atoms with Crippen molar-refractivity contribution in [1.82, 2.24) is 9.62 Å². The van der Waals surface area contributed by atoms with E-state index in [0.29, 0.717) is 45.1 Å². The summed E-state index contributed by atoms with van der Waals surface area (Å²) in [5.74, 6) is 1.08. The van der Waals surface area contributed by atoms with Crippen LogP contribution in [-0.2, 0) is 21.3 Å². The first-order chi connectivity index (χ1) is 13.5. The number of hydrogen-bond donors (Lipinski definition) is 2. The second kappa shape index (κ2) is 11.2. The van der Waals surface area contributed by atoms with E-state index in [4.69, 9.17) is 25.5 Å². The van der Waals surface area contributed by atoms with Crippen molar-refractivity contribution in [2.24, 2.45) is 0 Å². The molecule has 1 atom stereocenters. The van der Waals surface area contributed by atoms with Gasteiger partial charge in [0.2, 0.25) is 10.0 Å². The fourth-order valence-corrected chi connectivity index (χ4v) is 4.45. The van der Waals surface area contributed by atoms with Crippen molar-refractivity contribution in [2.45, 2.75) is 17.5 Å². The molecule has 3 rings (SSSR count). The molecule has 0 amide bonds. The van der Waals surface area contributed by atoms with Crippen LogP contribution in [0.1, 0.15) is 5.76 Å². The second-order valence-corrected chi connectivity index (χ2v) is 8.63. The highest BCUT2D eigenvalue weighted by Crippen LogP contribution is 2.29. The normalized spacial score (nSPS) is 16.2. The number of ether oxygens (including phenoxy) is 2. The lowest BCUT2D eigenvalue weighted by molar-refractivity contribution is 0.0730. The first-order valence-electron chi connectivity index (χ1n) is 8.88. The van der Waals surface area contributed by atoms with Gasteiger partial charge in [-0.25, -0.2) is 8.42 Å². The average Bonchev–Trinajstić information content (AvgIpc) is 3.21. The van der Waals surface area contributed by atoms with Gasteiger partial charge in [-0.3, -0.25) is 0 Å². The molecule has 1 aromatic heterocycles. The minimum atomic E-state index is -3.62. The van der Waals surface area contributed by atoms with E-state index in [-0.39, 0.29) is 28.9 Å². The van der Waals surface area contributed by atoms with Gasteiger partial charge in [-0.2, -0.15) is 4.31 Å². The number of sulfonamides is 1. The molecule has 29 heavy (non-hydrogen) atoms. The van der Waals surface area contributed by atoms with Gasteiger partial charge in [-0.05, 0) is 30.3 Å². The summed E-state index contributed by atoms with van der Waals surface area (Å²) in [7, 11) is -3.62. The summed E-state index contributed by atoms with van der Waals surface area (Å²) in [5.41, 5.74) is 0. The molecule has 0 bridgehead atoms. The summed E-state index contributed by atoms with van der Waals surface area (Å²) in [6.45, 7) is 2.20. The van der Waals surface area contributed by atoms with E-state index in [1.807, 2.05) is 6.07 Å². The van der Waals surface area contributed by atoms with E-state index in [0.717, 1.165) is 5.76 Å². The summed E-state index contributed by atoms with van der Waals surface area (Å²) >= 11 is 6.19. The molecule has 1 unspecified atom stereocenters. The summed E-state index contributed by atoms with van der Waals surface area (Å²) in [6.07, 6.45) is 0.823. The molecular weight excluding hydrogens is 443 g/mol. The quantitative estimate of drug-likeness (QED) is 0.581. The summed E-state index contributed by atoms with van der Waals surface area (Å²) in [4.78, 5) is 0.104. The Labute approximate surface area is 181 Å². The van der Waals surface area contributed by atoms with Crippen molar-refractivity contribution >= 4 is 34.0 Å². The van der Waals surface area contributed by atoms with Gasteiger partial charge in [0, 0.05) is 19.6 Å². The Hall–Kier alpha value is -1.33. The van der Waals surface area contributed by atoms with Crippen molar-refractivity contribution in [3.05, 3.63) is 47.4 Å². The molecule has 11 heteroatoms. The van der Waals surface area contributed by atoms with E-state index in [9.17, 15) is 13.5 Å². The van der Waals surface area contributed by atoms with Crippen LogP contribution in [0.5, 0.6) is 5.75 Å². The van der Waals surface area contributed by atoms with Crippen molar-refractivity contribution in [2.75, 3.05) is 39.5 Å². The number of nitrogens with zero attached hydrogens (tertiary/aromatic N) is 1. The predicted octanol–water partition coefficient (Wildman–Crippen LogP) is 1.91. The number of aliphatic hydroxyl groups excluding tert-OH is 1. The minimum absolute atomic E-state index is 0. The van der Waals surface area contributed by atoms with Gasteiger partial charge in [0.25, 0.3) is 0 Å². The molecule has 0 saturated carbocycles. The molecule has 2 heterocycles. The fraction of sp³-hybridized carbons (Fsp3) is 0.444. The number of halogens is 2. The monoisotopic (exact) mass is 466 g/mol. The number of nitrogens with one attached hydrogen (secondary N) is 1. The van der Waals surface area contributed by atoms with E-state index < -0.39 is 16.1 Å². The van der Waals surface area contributed by atoms with Crippen LogP contribution in [0.15, 0.2) is 45.9 Å². The zero-order chi connectivity index (χ0) is 20.0. The Bertz CT molecular complexity index is 857. The van der Waals surface area contributed by atoms with Crippen molar-refractivity contribution < 1.29 is 27.4 Å². The summed E-state index contributed by atoms with van der Waals surface area (Å²) in [6, 6.07) is 7.94. The van der Waals surface area contributed by atoms with Crippen LogP contribution < -0.4 is 10.1 Å². The first-order valence-corrected chi connectivity index (χ1v) is 10.7. The smallest absolute Gasteiger partial charge is 0.243 e. The molecule has 1 aromatic carbocycles. The maximum atomic E-state index is 12.6. The third kappa shape index (κ3) is 6.58. The fourth-order valence-electron chi connectivity index (χ4n) is 2.72. The Balaban J connectivity index is 0.00000300. The molecule has 162 valence electrons. The molecule has 8 nitrogen and oxygen atoms in total. The van der Waals surface area contributed by atoms with Gasteiger partial charge in [-0.1, -0.05) is 11.6 Å². The molecule has 1 saturated heterocycles. The number of aliphatic hydroxyl groups is 1. The largest absolute Gasteiger partial charge is 0.489 e. The number of furan rings is 1. The standard InChI is InChI=1S/C18H23ClN2O6S.ClH/c19-17-10-16(28(23,24)21-5-8-25-9-6-21)3-4-18(17)27-13-14(22)11-20-12-15-2-1-7-26-15;/h1-4,7,10,14,20,22H,5-6,8-9,11-13H2;1H. The summed E-state index contributed by atoms with van der Waals surface area (Å²) in [5, 5.41) is 13.2. The summed E-state index contributed by atoms with van der Waals surface area (Å²) < 4.78 is 42.6. The van der Waals surface area contributed by atoms with E-state index in [1.165, 1.54) is 22.5 Å². The average molecular weight is 467 g/mol. The minimum Gasteiger partial charge on any atom is -0.489 e. The van der Waals surface area contributed by atoms with Crippen LogP contribution in [0.3, 0.4) is 0 Å². The Kier molecular flexibility index (Phi) is 9.22. The highest BCUT2D eigenvalue weighted by Gasteiger charge is 2.27. The Morgan fingerprint density at radius 1 is 1.28 bits per heavy atom. The topological polar surface area (TPSA) is 101 Å². The van der Waals surface area contributed by atoms with Gasteiger partial charge >= 0.3 is 0 Å². The van der Waals surface area contributed by atoms with Crippen molar-refractivity contribution in [3.8, 4) is 5.75 Å². The lowest BCUT2D eigenvalue weighted by Crippen LogP contribution is -2.40. The van der Waals surface area contributed by atoms with Gasteiger partial charge in [0.1, 0.15) is 24.2 Å². The maximum Gasteiger partial charge on any atom is 0.243 e. The zero-order valence-electron chi connectivity index (χ0n) is 15.6. The molecule has 0 aliphatic carbocycles. The van der Waals surface area contributed by atoms with Gasteiger partial charge in [-0.15, -0.1) is 12.4 Å². The van der Waals surface area contributed by atoms with Gasteiger partial charge < -0.3 is 24.3 Å². The molecular formula is C18H24Cl2N2O6S. The van der Waals surface area contributed by atoms with E-state index in [2.05, 4.69) is 5.32 Å². The third-order valence-corrected chi connectivity index (χ3v) is 6.39. The lowest BCUT2D eigenvalue weighted by Gasteiger charge is -2.26. The zero-order valence-corrected chi connectivity index (χ0v) is 18.0. The van der Waals surface area contributed by atoms with E-state index in [1.54, 1.807) is 12.3 Å². The predicted molar refractivity (Wildman–Crippen MR) is 110 cm³/mol. The highest BCUT2D eigenvalue weighted by atomic mass is 35.5. The third-order valence-electron chi connectivity index (χ3n) is 4.20. The molecule has 2 N–H and O–H groups in total. The lowest BCUT2D eigenvalue weighted by atomic mass is 10.3. The highest BCUT2D eigenvalue weighted by molar-refractivity contribution is 7.89. The van der Waals surface area contributed by atoms with Gasteiger partial charge in [0.15, 0.2) is 0 Å². The number of benzene rings is 1. The van der Waals surface area contributed by atoms with Crippen LogP contribution in [0.4, 0.5) is 0 Å². The van der Waals surface area contributed by atoms with Crippen LogP contribution in [0, 0.1) is 0 Å². The van der Waals surface area contributed by atoms with Crippen molar-refractivity contribution in [3.63, 3.8) is 0 Å². The molecule has 1 aliphatic heterocycles. The van der Waals surface area contributed by atoms with Gasteiger partial charge in [0.05, 0.1) is 35.9 Å². The van der Waals surface area contributed by atoms with Crippen molar-refractivity contribution in [1.29, 1.82) is 0 Å². The number of morpholine rings is 1.